The summed E-state index contributed by atoms with van der Waals surface area (Å²) in [5.74, 6) is 0. The first-order valence-electron chi connectivity index (χ1n) is 4.31. The van der Waals surface area contributed by atoms with Gasteiger partial charge in [-0.3, -0.25) is 0 Å². The Labute approximate surface area is 77.8 Å². The zero-order valence-electron chi connectivity index (χ0n) is 7.45. The van der Waals surface area contributed by atoms with Crippen molar-refractivity contribution in [1.82, 2.24) is 0 Å². The van der Waals surface area contributed by atoms with Crippen LogP contribution in [0.3, 0.4) is 0 Å². The van der Waals surface area contributed by atoms with Gasteiger partial charge in [0.1, 0.15) is 0 Å². The van der Waals surface area contributed by atoms with E-state index in [1.165, 1.54) is 17.0 Å². The Morgan fingerprint density at radius 3 is 2.83 bits per heavy atom. The molecular formula is C10H13NS. The van der Waals surface area contributed by atoms with E-state index in [0.717, 1.165) is 0 Å². The number of hydrogen-bond donors (Lipinski definition) is 0. The molecular weight excluding hydrogens is 166 g/mol. The van der Waals surface area contributed by atoms with Crippen molar-refractivity contribution in [3.05, 3.63) is 24.3 Å². The van der Waals surface area contributed by atoms with Crippen LogP contribution in [0, 0.1) is 0 Å². The third kappa shape index (κ3) is 1.11. The van der Waals surface area contributed by atoms with Crippen LogP contribution in [0.25, 0.3) is 0 Å². The Morgan fingerprint density at radius 1 is 1.42 bits per heavy atom. The highest BCUT2D eigenvalue weighted by atomic mass is 32.2. The van der Waals surface area contributed by atoms with Gasteiger partial charge in [-0.1, -0.05) is 30.8 Å². The highest BCUT2D eigenvalue weighted by Crippen LogP contribution is 2.42. The largest absolute Gasteiger partial charge is 0.361 e. The van der Waals surface area contributed by atoms with E-state index in [1.54, 1.807) is 0 Å². The summed E-state index contributed by atoms with van der Waals surface area (Å²) in [6, 6.07) is 8.61. The third-order valence-electron chi connectivity index (χ3n) is 2.29. The highest BCUT2D eigenvalue weighted by molar-refractivity contribution is 8.00. The molecule has 0 fully saturated rings. The molecule has 0 saturated carbocycles. The second-order valence-electron chi connectivity index (χ2n) is 3.06. The lowest BCUT2D eigenvalue weighted by Crippen LogP contribution is -2.23. The number of hydrogen-bond acceptors (Lipinski definition) is 2. The van der Waals surface area contributed by atoms with Crippen LogP contribution in [-0.4, -0.2) is 12.4 Å². The van der Waals surface area contributed by atoms with Gasteiger partial charge in [0.15, 0.2) is 0 Å². The smallest absolute Gasteiger partial charge is 0.0792 e. The van der Waals surface area contributed by atoms with Crippen LogP contribution in [0.1, 0.15) is 13.3 Å². The van der Waals surface area contributed by atoms with Crippen molar-refractivity contribution in [2.45, 2.75) is 23.6 Å². The first kappa shape index (κ1) is 7.99. The van der Waals surface area contributed by atoms with Crippen molar-refractivity contribution in [1.29, 1.82) is 0 Å². The van der Waals surface area contributed by atoms with E-state index in [1.807, 2.05) is 11.8 Å². The third-order valence-corrected chi connectivity index (χ3v) is 3.81. The number of para-hydroxylation sites is 1. The molecule has 12 heavy (non-hydrogen) atoms. The lowest BCUT2D eigenvalue weighted by atomic mass is 10.3. The Bertz CT molecular complexity index is 285. The summed E-state index contributed by atoms with van der Waals surface area (Å²) < 4.78 is 0. The summed E-state index contributed by atoms with van der Waals surface area (Å²) in [7, 11) is 2.17. The van der Waals surface area contributed by atoms with E-state index in [2.05, 4.69) is 43.1 Å². The van der Waals surface area contributed by atoms with Crippen LogP contribution in [-0.2, 0) is 0 Å². The second kappa shape index (κ2) is 3.02. The molecule has 2 heteroatoms. The van der Waals surface area contributed by atoms with Crippen LogP contribution < -0.4 is 4.90 Å². The van der Waals surface area contributed by atoms with Crippen LogP contribution in [0.15, 0.2) is 29.2 Å². The highest BCUT2D eigenvalue weighted by Gasteiger charge is 2.24. The fraction of sp³-hybridized carbons (Fsp3) is 0.400. The molecule has 0 N–H and O–H groups in total. The predicted octanol–water partition coefficient (Wildman–Crippen LogP) is 2.96. The number of anilines is 1. The molecule has 0 aromatic heterocycles. The quantitative estimate of drug-likeness (QED) is 0.652. The molecule has 1 heterocycles. The molecule has 0 saturated heterocycles. The molecule has 1 aromatic rings. The lowest BCUT2D eigenvalue weighted by molar-refractivity contribution is 0.809. The van der Waals surface area contributed by atoms with E-state index < -0.39 is 0 Å². The maximum Gasteiger partial charge on any atom is 0.0792 e. The summed E-state index contributed by atoms with van der Waals surface area (Å²) in [5, 5.41) is 0.641. The molecule has 1 nitrogen and oxygen atoms in total. The zero-order valence-corrected chi connectivity index (χ0v) is 8.27. The van der Waals surface area contributed by atoms with Crippen molar-refractivity contribution < 1.29 is 0 Å². The molecule has 1 aliphatic rings. The molecule has 0 bridgehead atoms. The molecule has 1 aromatic carbocycles. The van der Waals surface area contributed by atoms with Crippen LogP contribution in [0.5, 0.6) is 0 Å². The maximum atomic E-state index is 2.36. The van der Waals surface area contributed by atoms with E-state index in [0.29, 0.717) is 5.37 Å². The molecule has 64 valence electrons. The molecule has 0 spiro atoms. The summed E-state index contributed by atoms with van der Waals surface area (Å²) >= 11 is 1.97. The molecule has 0 amide bonds. The van der Waals surface area contributed by atoms with Crippen LogP contribution in [0.4, 0.5) is 5.69 Å². The average molecular weight is 179 g/mol. The van der Waals surface area contributed by atoms with Gasteiger partial charge in [0.2, 0.25) is 0 Å². The van der Waals surface area contributed by atoms with Gasteiger partial charge < -0.3 is 4.90 Å². The van der Waals surface area contributed by atoms with Gasteiger partial charge in [0.25, 0.3) is 0 Å². The molecule has 1 atom stereocenters. The number of nitrogens with zero attached hydrogens (tertiary/aromatic N) is 1. The van der Waals surface area contributed by atoms with Gasteiger partial charge in [0, 0.05) is 11.9 Å². The van der Waals surface area contributed by atoms with E-state index in [9.17, 15) is 0 Å². The summed E-state index contributed by atoms with van der Waals surface area (Å²) in [6.07, 6.45) is 1.20. The Balaban J connectivity index is 2.35. The molecule has 1 unspecified atom stereocenters. The van der Waals surface area contributed by atoms with Crippen molar-refractivity contribution in [2.24, 2.45) is 0 Å². The Hall–Kier alpha value is -0.630. The number of benzene rings is 1. The van der Waals surface area contributed by atoms with Gasteiger partial charge in [-0.2, -0.15) is 0 Å². The first-order valence-corrected chi connectivity index (χ1v) is 5.19. The van der Waals surface area contributed by atoms with Crippen molar-refractivity contribution in [2.75, 3.05) is 11.9 Å². The molecule has 2 rings (SSSR count). The van der Waals surface area contributed by atoms with Crippen molar-refractivity contribution in [3.8, 4) is 0 Å². The number of fused-ring (bicyclic) bond motifs is 1. The predicted molar refractivity (Wildman–Crippen MR) is 54.8 cm³/mol. The van der Waals surface area contributed by atoms with Crippen LogP contribution >= 0.6 is 11.8 Å². The van der Waals surface area contributed by atoms with Gasteiger partial charge in [0.05, 0.1) is 11.1 Å². The van der Waals surface area contributed by atoms with Gasteiger partial charge >= 0.3 is 0 Å². The van der Waals surface area contributed by atoms with Gasteiger partial charge in [-0.05, 0) is 18.6 Å². The lowest BCUT2D eigenvalue weighted by Gasteiger charge is -2.19. The summed E-state index contributed by atoms with van der Waals surface area (Å²) in [4.78, 5) is 3.78. The summed E-state index contributed by atoms with van der Waals surface area (Å²) in [6.45, 7) is 2.24. The van der Waals surface area contributed by atoms with Crippen LogP contribution in [0.2, 0.25) is 0 Å². The Kier molecular flexibility index (Phi) is 2.01. The van der Waals surface area contributed by atoms with Crippen molar-refractivity contribution >= 4 is 17.4 Å². The second-order valence-corrected chi connectivity index (χ2v) is 4.28. The number of rotatable bonds is 1. The fourth-order valence-electron chi connectivity index (χ4n) is 1.59. The topological polar surface area (TPSA) is 3.24 Å². The number of thioether (sulfide) groups is 1. The first-order chi connectivity index (χ1) is 5.83. The van der Waals surface area contributed by atoms with Gasteiger partial charge in [-0.15, -0.1) is 0 Å². The van der Waals surface area contributed by atoms with E-state index in [-0.39, 0.29) is 0 Å². The fourth-order valence-corrected chi connectivity index (χ4v) is 2.81. The minimum Gasteiger partial charge on any atom is -0.361 e. The molecule has 0 aliphatic carbocycles. The monoisotopic (exact) mass is 179 g/mol. The zero-order chi connectivity index (χ0) is 8.55. The molecule has 1 aliphatic heterocycles. The minimum absolute atomic E-state index is 0.641. The van der Waals surface area contributed by atoms with E-state index >= 15 is 0 Å². The minimum atomic E-state index is 0.641. The molecule has 0 radical (unpaired) electrons. The van der Waals surface area contributed by atoms with Gasteiger partial charge in [-0.25, -0.2) is 0 Å². The maximum absolute atomic E-state index is 2.36. The average Bonchev–Trinajstić information content (AvgIpc) is 2.44. The normalized spacial score (nSPS) is 21.2. The summed E-state index contributed by atoms with van der Waals surface area (Å²) in [5.41, 5.74) is 1.38. The Morgan fingerprint density at radius 2 is 2.17 bits per heavy atom. The van der Waals surface area contributed by atoms with E-state index in [4.69, 9.17) is 0 Å². The van der Waals surface area contributed by atoms with Crippen molar-refractivity contribution in [3.63, 3.8) is 0 Å². The SMILES string of the molecule is CCC1Sc2ccccc2N1C. The standard InChI is InChI=1S/C10H13NS/c1-3-10-11(2)8-6-4-5-7-9(8)12-10/h4-7,10H,3H2,1-2H3.